The van der Waals surface area contributed by atoms with Crippen molar-refractivity contribution >= 4 is 29.1 Å². The van der Waals surface area contributed by atoms with E-state index in [1.165, 1.54) is 19.1 Å². The molecule has 5 rings (SSSR count). The molecule has 13 heteroatoms. The summed E-state index contributed by atoms with van der Waals surface area (Å²) in [7, 11) is 0. The van der Waals surface area contributed by atoms with Crippen molar-refractivity contribution in [2.45, 2.75) is 32.4 Å². The monoisotopic (exact) mass is 570 g/mol. The molecule has 10 nitrogen and oxygen atoms in total. The van der Waals surface area contributed by atoms with Gasteiger partial charge in [0.2, 0.25) is 11.9 Å². The SMILES string of the molecule is CC(=O)NCC(NC(O)c1ccn(-c2nc(Nc3ccc4c(c3)OC(F)(F)O4)ncc2C)c1)c1cccc(Cl)c1. The highest BCUT2D eigenvalue weighted by atomic mass is 35.5. The van der Waals surface area contributed by atoms with Gasteiger partial charge in [-0.3, -0.25) is 10.1 Å². The van der Waals surface area contributed by atoms with Crippen molar-refractivity contribution in [3.05, 3.63) is 88.8 Å². The fourth-order valence-electron chi connectivity index (χ4n) is 4.15. The van der Waals surface area contributed by atoms with Gasteiger partial charge in [-0.05, 0) is 42.8 Å². The summed E-state index contributed by atoms with van der Waals surface area (Å²) in [6.45, 7) is 3.49. The average molecular weight is 571 g/mol. The van der Waals surface area contributed by atoms with E-state index in [0.29, 0.717) is 22.1 Å². The molecule has 40 heavy (non-hydrogen) atoms. The van der Waals surface area contributed by atoms with Gasteiger partial charge in [0.15, 0.2) is 11.5 Å². The quantitative estimate of drug-likeness (QED) is 0.213. The Bertz CT molecular complexity index is 1550. The predicted molar refractivity (Wildman–Crippen MR) is 143 cm³/mol. The van der Waals surface area contributed by atoms with Crippen LogP contribution >= 0.6 is 11.6 Å². The summed E-state index contributed by atoms with van der Waals surface area (Å²) in [6.07, 6.45) is 0.281. The Morgan fingerprint density at radius 3 is 2.73 bits per heavy atom. The van der Waals surface area contributed by atoms with Gasteiger partial charge in [-0.2, -0.15) is 4.98 Å². The summed E-state index contributed by atoms with van der Waals surface area (Å²) in [5.41, 5.74) is 2.53. The minimum absolute atomic E-state index is 0.0669. The molecule has 2 aromatic heterocycles. The van der Waals surface area contributed by atoms with Gasteiger partial charge < -0.3 is 29.8 Å². The van der Waals surface area contributed by atoms with Crippen molar-refractivity contribution in [3.63, 3.8) is 0 Å². The molecule has 0 bridgehead atoms. The number of nitrogens with zero attached hydrogens (tertiary/aromatic N) is 3. The second-order valence-corrected chi connectivity index (χ2v) is 9.56. The van der Waals surface area contributed by atoms with Crippen molar-refractivity contribution in [3.8, 4) is 17.3 Å². The smallest absolute Gasteiger partial charge is 0.395 e. The van der Waals surface area contributed by atoms with E-state index in [9.17, 15) is 18.7 Å². The number of carbonyl (C=O) groups excluding carboxylic acids is 1. The number of anilines is 2. The first-order valence-electron chi connectivity index (χ1n) is 12.2. The molecule has 4 N–H and O–H groups in total. The lowest BCUT2D eigenvalue weighted by atomic mass is 10.1. The number of ether oxygens (including phenoxy) is 2. The van der Waals surface area contributed by atoms with E-state index in [1.807, 2.05) is 13.0 Å². The molecule has 0 saturated heterocycles. The number of hydrogen-bond acceptors (Lipinski definition) is 8. The van der Waals surface area contributed by atoms with E-state index in [4.69, 9.17) is 11.6 Å². The van der Waals surface area contributed by atoms with Gasteiger partial charge in [-0.1, -0.05) is 23.7 Å². The van der Waals surface area contributed by atoms with E-state index < -0.39 is 18.6 Å². The fraction of sp³-hybridized carbons (Fsp3) is 0.222. The van der Waals surface area contributed by atoms with Crippen molar-refractivity contribution < 1.29 is 28.2 Å². The van der Waals surface area contributed by atoms with Crippen LogP contribution in [0.15, 0.2) is 67.1 Å². The molecular weight excluding hydrogens is 546 g/mol. The molecule has 2 unspecified atom stereocenters. The number of aliphatic hydroxyl groups is 1. The van der Waals surface area contributed by atoms with Crippen LogP contribution in [0.3, 0.4) is 0 Å². The second kappa shape index (κ2) is 11.1. The first-order valence-corrected chi connectivity index (χ1v) is 12.6. The van der Waals surface area contributed by atoms with Crippen LogP contribution in [0.2, 0.25) is 5.02 Å². The lowest BCUT2D eigenvalue weighted by Gasteiger charge is -2.23. The zero-order valence-corrected chi connectivity index (χ0v) is 22.1. The first-order chi connectivity index (χ1) is 19.1. The molecule has 4 aromatic rings. The summed E-state index contributed by atoms with van der Waals surface area (Å²) in [5, 5.41) is 20.4. The lowest BCUT2D eigenvalue weighted by Crippen LogP contribution is -2.35. The summed E-state index contributed by atoms with van der Waals surface area (Å²) >= 11 is 6.15. The highest BCUT2D eigenvalue weighted by molar-refractivity contribution is 6.30. The molecule has 2 aromatic carbocycles. The van der Waals surface area contributed by atoms with Gasteiger partial charge in [0.1, 0.15) is 12.0 Å². The van der Waals surface area contributed by atoms with Crippen LogP contribution in [0.4, 0.5) is 20.4 Å². The predicted octanol–water partition coefficient (Wildman–Crippen LogP) is 4.75. The van der Waals surface area contributed by atoms with Crippen molar-refractivity contribution in [1.29, 1.82) is 0 Å². The van der Waals surface area contributed by atoms with Crippen LogP contribution in [0, 0.1) is 6.92 Å². The Balaban J connectivity index is 1.32. The molecule has 0 aliphatic carbocycles. The number of carbonyl (C=O) groups is 1. The number of nitrogens with one attached hydrogen (secondary N) is 3. The summed E-state index contributed by atoms with van der Waals surface area (Å²) in [4.78, 5) is 20.4. The maximum absolute atomic E-state index is 13.3. The molecule has 1 aliphatic heterocycles. The Labute approximate surface area is 232 Å². The Morgan fingerprint density at radius 2 is 1.95 bits per heavy atom. The number of fused-ring (bicyclic) bond motifs is 1. The highest BCUT2D eigenvalue weighted by Crippen LogP contribution is 2.42. The van der Waals surface area contributed by atoms with Crippen molar-refractivity contribution in [2.24, 2.45) is 0 Å². The van der Waals surface area contributed by atoms with Gasteiger partial charge in [0.05, 0.1) is 6.04 Å². The van der Waals surface area contributed by atoms with E-state index in [-0.39, 0.29) is 29.9 Å². The summed E-state index contributed by atoms with van der Waals surface area (Å²) < 4.78 is 37.3. The largest absolute Gasteiger partial charge is 0.586 e. The van der Waals surface area contributed by atoms with E-state index in [1.54, 1.807) is 53.5 Å². The molecule has 3 heterocycles. The van der Waals surface area contributed by atoms with Crippen LogP contribution in [0.5, 0.6) is 11.5 Å². The molecule has 0 radical (unpaired) electrons. The third-order valence-electron chi connectivity index (χ3n) is 6.04. The van der Waals surface area contributed by atoms with Crippen LogP contribution in [0.25, 0.3) is 5.82 Å². The molecule has 208 valence electrons. The van der Waals surface area contributed by atoms with E-state index in [0.717, 1.165) is 11.1 Å². The molecule has 0 saturated carbocycles. The Kier molecular flexibility index (Phi) is 7.57. The van der Waals surface area contributed by atoms with Gasteiger partial charge in [0.25, 0.3) is 0 Å². The fourth-order valence-corrected chi connectivity index (χ4v) is 4.34. The number of hydrogen-bond donors (Lipinski definition) is 4. The number of aliphatic hydroxyl groups excluding tert-OH is 1. The minimum Gasteiger partial charge on any atom is -0.395 e. The number of alkyl halides is 2. The number of aryl methyl sites for hydroxylation is 1. The molecule has 1 aliphatic rings. The van der Waals surface area contributed by atoms with Crippen molar-refractivity contribution in [2.75, 3.05) is 11.9 Å². The molecule has 1 amide bonds. The highest BCUT2D eigenvalue weighted by Gasteiger charge is 2.43. The third kappa shape index (κ3) is 6.30. The van der Waals surface area contributed by atoms with Gasteiger partial charge in [0, 0.05) is 60.0 Å². The number of amides is 1. The minimum atomic E-state index is -3.71. The van der Waals surface area contributed by atoms with Crippen LogP contribution in [-0.4, -0.2) is 38.4 Å². The van der Waals surface area contributed by atoms with Gasteiger partial charge >= 0.3 is 6.29 Å². The summed E-state index contributed by atoms with van der Waals surface area (Å²) in [6, 6.07) is 12.8. The zero-order chi connectivity index (χ0) is 28.4. The standard InChI is InChI=1S/C27H25ClF2N6O4/c1-15-12-32-26(33-20-6-7-22-23(11-20)40-27(29,30)39-22)35-24(15)36-9-8-18(14-36)25(38)34-21(13-31-16(2)37)17-4-3-5-19(28)10-17/h3-12,14,21,25,34,38H,13H2,1-2H3,(H,31,37)(H,32,33,35). The number of benzene rings is 2. The summed E-state index contributed by atoms with van der Waals surface area (Å²) in [5.74, 6) is 0.386. The maximum Gasteiger partial charge on any atom is 0.586 e. The van der Waals surface area contributed by atoms with E-state index >= 15 is 0 Å². The van der Waals surface area contributed by atoms with Crippen LogP contribution < -0.4 is 25.4 Å². The normalized spacial score (nSPS) is 14.9. The van der Waals surface area contributed by atoms with Crippen LogP contribution in [-0.2, 0) is 4.79 Å². The zero-order valence-electron chi connectivity index (χ0n) is 21.4. The second-order valence-electron chi connectivity index (χ2n) is 9.12. The average Bonchev–Trinajstić information content (AvgIpc) is 3.50. The Morgan fingerprint density at radius 1 is 1.15 bits per heavy atom. The van der Waals surface area contributed by atoms with Crippen LogP contribution in [0.1, 0.15) is 35.9 Å². The Hall–Kier alpha value is -4.26. The number of aromatic nitrogens is 3. The van der Waals surface area contributed by atoms with Crippen molar-refractivity contribution in [1.82, 2.24) is 25.2 Å². The number of halogens is 3. The molecule has 0 fully saturated rings. The maximum atomic E-state index is 13.3. The molecular formula is C27H25ClF2N6O4. The van der Waals surface area contributed by atoms with Gasteiger partial charge in [-0.15, -0.1) is 8.78 Å². The van der Waals surface area contributed by atoms with E-state index in [2.05, 4.69) is 35.4 Å². The third-order valence-corrected chi connectivity index (χ3v) is 6.28. The molecule has 0 spiro atoms. The molecule has 2 atom stereocenters. The van der Waals surface area contributed by atoms with Gasteiger partial charge in [-0.25, -0.2) is 4.98 Å². The first kappa shape index (κ1) is 27.3. The topological polar surface area (TPSA) is 123 Å². The number of rotatable bonds is 9. The lowest BCUT2D eigenvalue weighted by molar-refractivity contribution is -0.286.